The van der Waals surface area contributed by atoms with Crippen LogP contribution in [0.2, 0.25) is 0 Å². The molecular weight excluding hydrogens is 356 g/mol. The molecule has 1 spiro atoms. The highest BCUT2D eigenvalue weighted by atomic mass is 16.5. The number of likely N-dealkylation sites (tertiary alicyclic amines) is 1. The van der Waals surface area contributed by atoms with Crippen LogP contribution in [0.3, 0.4) is 0 Å². The Balaban J connectivity index is 1.26. The van der Waals surface area contributed by atoms with E-state index in [1.54, 1.807) is 0 Å². The van der Waals surface area contributed by atoms with Crippen LogP contribution in [0.4, 0.5) is 0 Å². The minimum Gasteiger partial charge on any atom is -0.370 e. The van der Waals surface area contributed by atoms with E-state index in [1.165, 1.54) is 12.8 Å². The summed E-state index contributed by atoms with van der Waals surface area (Å²) in [7, 11) is 1.92. The van der Waals surface area contributed by atoms with Gasteiger partial charge < -0.3 is 15.0 Å². The van der Waals surface area contributed by atoms with Gasteiger partial charge >= 0.3 is 0 Å². The van der Waals surface area contributed by atoms with Crippen LogP contribution in [0.15, 0.2) is 0 Å². The van der Waals surface area contributed by atoms with Crippen molar-refractivity contribution in [3.05, 3.63) is 17.0 Å². The van der Waals surface area contributed by atoms with Gasteiger partial charge in [-0.3, -0.25) is 14.3 Å². The maximum absolute atomic E-state index is 12.7. The average Bonchev–Trinajstić information content (AvgIpc) is 3.23. The summed E-state index contributed by atoms with van der Waals surface area (Å²) in [6.07, 6.45) is 9.12. The molecule has 0 aromatic carbocycles. The highest BCUT2D eigenvalue weighted by Crippen LogP contribution is 2.38. The lowest BCUT2D eigenvalue weighted by atomic mass is 9.83. The van der Waals surface area contributed by atoms with Crippen molar-refractivity contribution in [2.45, 2.75) is 76.0 Å². The quantitative estimate of drug-likeness (QED) is 0.861. The zero-order valence-corrected chi connectivity index (χ0v) is 16.7. The van der Waals surface area contributed by atoms with Crippen molar-refractivity contribution in [2.24, 2.45) is 13.0 Å². The van der Waals surface area contributed by atoms with E-state index in [-0.39, 0.29) is 17.4 Å². The summed E-state index contributed by atoms with van der Waals surface area (Å²) in [5.41, 5.74) is 2.35. The van der Waals surface area contributed by atoms with E-state index < -0.39 is 0 Å². The summed E-state index contributed by atoms with van der Waals surface area (Å²) in [4.78, 5) is 27.3. The van der Waals surface area contributed by atoms with Crippen molar-refractivity contribution >= 4 is 11.8 Å². The number of rotatable bonds is 3. The molecule has 0 unspecified atom stereocenters. The number of aryl methyl sites for hydroxylation is 1. The fraction of sp³-hybridized carbons (Fsp3) is 0.762. The molecule has 2 aliphatic carbocycles. The van der Waals surface area contributed by atoms with Crippen molar-refractivity contribution in [1.29, 1.82) is 0 Å². The lowest BCUT2D eigenvalue weighted by Crippen LogP contribution is -2.51. The van der Waals surface area contributed by atoms with Crippen molar-refractivity contribution in [1.82, 2.24) is 20.0 Å². The van der Waals surface area contributed by atoms with Crippen molar-refractivity contribution in [3.8, 4) is 0 Å². The summed E-state index contributed by atoms with van der Waals surface area (Å²) in [5, 5.41) is 7.54. The van der Waals surface area contributed by atoms with Gasteiger partial charge in [0.1, 0.15) is 0 Å². The highest BCUT2D eigenvalue weighted by molar-refractivity contribution is 5.94. The number of amides is 2. The zero-order chi connectivity index (χ0) is 19.3. The maximum Gasteiger partial charge on any atom is 0.272 e. The Morgan fingerprint density at radius 1 is 1.14 bits per heavy atom. The Bertz CT molecular complexity index is 784. The van der Waals surface area contributed by atoms with Crippen molar-refractivity contribution < 1.29 is 14.3 Å². The minimum absolute atomic E-state index is 0.0733. The second-order valence-electron chi connectivity index (χ2n) is 9.10. The van der Waals surface area contributed by atoms with E-state index in [2.05, 4.69) is 15.3 Å². The molecule has 3 fully saturated rings. The summed E-state index contributed by atoms with van der Waals surface area (Å²) < 4.78 is 8.20. The van der Waals surface area contributed by atoms with Gasteiger partial charge in [-0.2, -0.15) is 5.10 Å². The largest absolute Gasteiger partial charge is 0.370 e. The standard InChI is InChI=1S/C21H30N4O3/c1-24-17-12-21(8-10-25(11-9-21)20(27)14-4-2-3-5-14)28-13-16(17)18(23-24)19(26)22-15-6-7-15/h14-15H,2-13H2,1H3,(H,22,26). The molecule has 7 heteroatoms. The Morgan fingerprint density at radius 2 is 1.86 bits per heavy atom. The molecule has 4 aliphatic rings. The first-order chi connectivity index (χ1) is 13.5. The molecule has 0 radical (unpaired) electrons. The number of nitrogens with one attached hydrogen (secondary N) is 1. The van der Waals surface area contributed by atoms with E-state index in [0.29, 0.717) is 24.2 Å². The fourth-order valence-corrected chi connectivity index (χ4v) is 5.11. The van der Waals surface area contributed by atoms with Gasteiger partial charge in [-0.25, -0.2) is 0 Å². The molecular formula is C21H30N4O3. The molecule has 1 N–H and O–H groups in total. The molecule has 7 nitrogen and oxygen atoms in total. The van der Waals surface area contributed by atoms with Crippen molar-refractivity contribution in [3.63, 3.8) is 0 Å². The van der Waals surface area contributed by atoms with Gasteiger partial charge in [-0.15, -0.1) is 0 Å². The third-order valence-electron chi connectivity index (χ3n) is 7.11. The lowest BCUT2D eigenvalue weighted by molar-refractivity contribution is -0.145. The topological polar surface area (TPSA) is 76.5 Å². The van der Waals surface area contributed by atoms with E-state index in [0.717, 1.165) is 69.3 Å². The SMILES string of the molecule is Cn1nc(C(=O)NC2CC2)c2c1CC1(CCN(C(=O)C3CCCC3)CC1)OC2. The summed E-state index contributed by atoms with van der Waals surface area (Å²) in [5.74, 6) is 0.525. The van der Waals surface area contributed by atoms with Gasteiger partial charge in [-0.05, 0) is 38.5 Å². The van der Waals surface area contributed by atoms with Gasteiger partial charge in [-0.1, -0.05) is 12.8 Å². The van der Waals surface area contributed by atoms with Crippen molar-refractivity contribution in [2.75, 3.05) is 13.1 Å². The van der Waals surface area contributed by atoms with Gasteiger partial charge in [0.15, 0.2) is 5.69 Å². The smallest absolute Gasteiger partial charge is 0.272 e. The molecule has 0 atom stereocenters. The number of carbonyl (C=O) groups excluding carboxylic acids is 2. The monoisotopic (exact) mass is 386 g/mol. The van der Waals surface area contributed by atoms with Crippen LogP contribution in [-0.2, 0) is 29.6 Å². The van der Waals surface area contributed by atoms with Gasteiger partial charge in [0.25, 0.3) is 5.91 Å². The number of fused-ring (bicyclic) bond motifs is 1. The number of hydrogen-bond acceptors (Lipinski definition) is 4. The Hall–Kier alpha value is -1.89. The molecule has 3 heterocycles. The number of aromatic nitrogens is 2. The first-order valence-electron chi connectivity index (χ1n) is 10.8. The van der Waals surface area contributed by atoms with Gasteiger partial charge in [0.05, 0.1) is 12.2 Å². The summed E-state index contributed by atoms with van der Waals surface area (Å²) in [6.45, 7) is 1.99. The van der Waals surface area contributed by atoms with E-state index in [4.69, 9.17) is 4.74 Å². The predicted molar refractivity (Wildman–Crippen MR) is 103 cm³/mol. The van der Waals surface area contributed by atoms with Crippen LogP contribution in [0.1, 0.15) is 73.1 Å². The Kier molecular flexibility index (Phi) is 4.45. The van der Waals surface area contributed by atoms with Crippen LogP contribution in [0.25, 0.3) is 0 Å². The number of hydrogen-bond donors (Lipinski definition) is 1. The second-order valence-corrected chi connectivity index (χ2v) is 9.10. The molecule has 2 aliphatic heterocycles. The van der Waals surface area contributed by atoms with Crippen LogP contribution in [0, 0.1) is 5.92 Å². The first-order valence-corrected chi connectivity index (χ1v) is 10.8. The molecule has 28 heavy (non-hydrogen) atoms. The van der Waals surface area contributed by atoms with Crippen LogP contribution < -0.4 is 5.32 Å². The maximum atomic E-state index is 12.7. The number of ether oxygens (including phenoxy) is 1. The summed E-state index contributed by atoms with van der Waals surface area (Å²) >= 11 is 0. The molecule has 1 saturated heterocycles. The van der Waals surface area contributed by atoms with Crippen LogP contribution in [-0.4, -0.2) is 51.2 Å². The van der Waals surface area contributed by atoms with E-state index in [1.807, 2.05) is 11.7 Å². The normalized spacial score (nSPS) is 24.4. The lowest BCUT2D eigenvalue weighted by Gasteiger charge is -2.44. The molecule has 1 aromatic rings. The van der Waals surface area contributed by atoms with E-state index >= 15 is 0 Å². The number of nitrogens with zero attached hydrogens (tertiary/aromatic N) is 3. The number of carbonyl (C=O) groups is 2. The Labute approximate surface area is 165 Å². The molecule has 1 aromatic heterocycles. The number of piperidine rings is 1. The van der Waals surface area contributed by atoms with Gasteiger partial charge in [0, 0.05) is 49.8 Å². The highest BCUT2D eigenvalue weighted by Gasteiger charge is 2.43. The second kappa shape index (κ2) is 6.87. The fourth-order valence-electron chi connectivity index (χ4n) is 5.11. The predicted octanol–water partition coefficient (Wildman–Crippen LogP) is 1.94. The van der Waals surface area contributed by atoms with Crippen LogP contribution in [0.5, 0.6) is 0 Å². The first kappa shape index (κ1) is 18.2. The summed E-state index contributed by atoms with van der Waals surface area (Å²) in [6, 6.07) is 0.322. The Morgan fingerprint density at radius 3 is 2.54 bits per heavy atom. The molecule has 5 rings (SSSR count). The van der Waals surface area contributed by atoms with Crippen LogP contribution >= 0.6 is 0 Å². The molecule has 0 bridgehead atoms. The van der Waals surface area contributed by atoms with E-state index in [9.17, 15) is 9.59 Å². The molecule has 152 valence electrons. The molecule has 2 saturated carbocycles. The third kappa shape index (κ3) is 3.23. The third-order valence-corrected chi connectivity index (χ3v) is 7.11. The average molecular weight is 386 g/mol. The minimum atomic E-state index is -0.225. The zero-order valence-electron chi connectivity index (χ0n) is 16.7. The molecule has 2 amide bonds. The van der Waals surface area contributed by atoms with Gasteiger partial charge in [0.2, 0.25) is 5.91 Å².